The highest BCUT2D eigenvalue weighted by molar-refractivity contribution is 6.30. The van der Waals surface area contributed by atoms with Gasteiger partial charge < -0.3 is 9.47 Å². The number of hydrazone groups is 1. The van der Waals surface area contributed by atoms with Crippen LogP contribution in [-0.2, 0) is 13.2 Å². The summed E-state index contributed by atoms with van der Waals surface area (Å²) in [5.74, 6) is 0.723. The predicted molar refractivity (Wildman–Crippen MR) is 134 cm³/mol. The van der Waals surface area contributed by atoms with Gasteiger partial charge in [0, 0.05) is 10.6 Å². The average molecular weight is 489 g/mol. The number of benzene rings is 4. The average Bonchev–Trinajstić information content (AvgIpc) is 2.89. The molecule has 176 valence electrons. The summed E-state index contributed by atoms with van der Waals surface area (Å²) in [6.45, 7) is 0.748. The second kappa shape index (κ2) is 11.8. The first kappa shape index (κ1) is 24.0. The molecule has 0 radical (unpaired) electrons. The zero-order valence-electron chi connectivity index (χ0n) is 18.7. The third kappa shape index (κ3) is 7.42. The number of nitrogens with zero attached hydrogens (tertiary/aromatic N) is 1. The van der Waals surface area contributed by atoms with E-state index in [4.69, 9.17) is 21.1 Å². The fraction of sp³-hybridized carbons (Fsp3) is 0.0714. The molecule has 4 aromatic rings. The van der Waals surface area contributed by atoms with Gasteiger partial charge in [-0.05, 0) is 89.5 Å². The van der Waals surface area contributed by atoms with E-state index in [1.165, 1.54) is 12.1 Å². The van der Waals surface area contributed by atoms with E-state index in [-0.39, 0.29) is 11.7 Å². The van der Waals surface area contributed by atoms with Gasteiger partial charge in [-0.15, -0.1) is 0 Å². The number of amides is 1. The van der Waals surface area contributed by atoms with Crippen molar-refractivity contribution in [2.45, 2.75) is 13.2 Å². The molecule has 35 heavy (non-hydrogen) atoms. The first-order chi connectivity index (χ1) is 17.0. The minimum absolute atomic E-state index is 0.277. The maximum atomic E-state index is 13.0. The van der Waals surface area contributed by atoms with Gasteiger partial charge in [0.25, 0.3) is 5.91 Å². The molecule has 0 aromatic heterocycles. The van der Waals surface area contributed by atoms with Crippen LogP contribution in [0, 0.1) is 5.82 Å². The van der Waals surface area contributed by atoms with Gasteiger partial charge in [0.15, 0.2) is 0 Å². The number of halogens is 2. The van der Waals surface area contributed by atoms with Crippen LogP contribution in [0.2, 0.25) is 5.02 Å². The van der Waals surface area contributed by atoms with E-state index < -0.39 is 0 Å². The molecule has 0 unspecified atom stereocenters. The van der Waals surface area contributed by atoms with Gasteiger partial charge in [0.1, 0.15) is 30.5 Å². The van der Waals surface area contributed by atoms with Gasteiger partial charge in [-0.2, -0.15) is 5.10 Å². The van der Waals surface area contributed by atoms with Crippen molar-refractivity contribution < 1.29 is 18.7 Å². The Labute approximate surface area is 207 Å². The first-order valence-electron chi connectivity index (χ1n) is 10.8. The van der Waals surface area contributed by atoms with Crippen molar-refractivity contribution in [3.05, 3.63) is 130 Å². The van der Waals surface area contributed by atoms with E-state index >= 15 is 0 Å². The van der Waals surface area contributed by atoms with E-state index in [0.29, 0.717) is 35.3 Å². The molecule has 0 aliphatic heterocycles. The fourth-order valence-corrected chi connectivity index (χ4v) is 3.20. The summed E-state index contributed by atoms with van der Waals surface area (Å²) < 4.78 is 24.4. The number of nitrogens with one attached hydrogen (secondary N) is 1. The molecule has 4 aromatic carbocycles. The Bertz CT molecular complexity index is 1270. The third-order valence-electron chi connectivity index (χ3n) is 5.01. The number of hydrogen-bond acceptors (Lipinski definition) is 4. The van der Waals surface area contributed by atoms with Crippen molar-refractivity contribution in [3.8, 4) is 11.5 Å². The Balaban J connectivity index is 1.23. The van der Waals surface area contributed by atoms with E-state index in [9.17, 15) is 9.18 Å². The second-order valence-electron chi connectivity index (χ2n) is 7.62. The quantitative estimate of drug-likeness (QED) is 0.219. The van der Waals surface area contributed by atoms with Crippen LogP contribution < -0.4 is 14.9 Å². The van der Waals surface area contributed by atoms with Gasteiger partial charge in [0.2, 0.25) is 0 Å². The normalized spacial score (nSPS) is 10.8. The summed E-state index contributed by atoms with van der Waals surface area (Å²) in [5, 5.41) is 4.69. The van der Waals surface area contributed by atoms with Gasteiger partial charge >= 0.3 is 0 Å². The third-order valence-corrected chi connectivity index (χ3v) is 5.27. The first-order valence-corrected chi connectivity index (χ1v) is 11.2. The van der Waals surface area contributed by atoms with Crippen LogP contribution in [0.15, 0.2) is 102 Å². The second-order valence-corrected chi connectivity index (χ2v) is 8.06. The van der Waals surface area contributed by atoms with Gasteiger partial charge in [-0.1, -0.05) is 35.9 Å². The molecular weight excluding hydrogens is 467 g/mol. The summed E-state index contributed by atoms with van der Waals surface area (Å²) in [7, 11) is 0. The fourth-order valence-electron chi connectivity index (χ4n) is 3.08. The van der Waals surface area contributed by atoms with Crippen molar-refractivity contribution in [1.82, 2.24) is 5.43 Å². The maximum absolute atomic E-state index is 13.0. The standard InChI is InChI=1S/C28H22ClFN2O3/c29-24-9-1-21(2-10-24)18-35-27-15-7-23(8-16-27)28(33)32-31-17-20-5-13-26(14-6-20)34-19-22-3-11-25(30)12-4-22/h1-17H,18-19H2,(H,32,33)/b31-17-. The SMILES string of the molecule is O=C(N/N=C\c1ccc(OCc2ccc(F)cc2)cc1)c1ccc(OCc2ccc(Cl)cc2)cc1. The summed E-state index contributed by atoms with van der Waals surface area (Å²) in [6, 6.07) is 27.7. The molecule has 1 amide bonds. The molecule has 0 saturated carbocycles. The molecule has 5 nitrogen and oxygen atoms in total. The number of ether oxygens (including phenoxy) is 2. The molecule has 1 N–H and O–H groups in total. The van der Waals surface area contributed by atoms with E-state index in [0.717, 1.165) is 16.7 Å². The Morgan fingerprint density at radius 1 is 0.771 bits per heavy atom. The van der Waals surface area contributed by atoms with Gasteiger partial charge in [-0.3, -0.25) is 4.79 Å². The molecule has 0 heterocycles. The van der Waals surface area contributed by atoms with Crippen molar-refractivity contribution in [3.63, 3.8) is 0 Å². The Kier molecular flexibility index (Phi) is 8.09. The number of hydrogen-bond donors (Lipinski definition) is 1. The number of carbonyl (C=O) groups is 1. The zero-order valence-corrected chi connectivity index (χ0v) is 19.4. The van der Waals surface area contributed by atoms with Crippen LogP contribution in [0.4, 0.5) is 4.39 Å². The van der Waals surface area contributed by atoms with Crippen molar-refractivity contribution in [2.24, 2.45) is 5.10 Å². The van der Waals surface area contributed by atoms with Crippen molar-refractivity contribution >= 4 is 23.7 Å². The lowest BCUT2D eigenvalue weighted by molar-refractivity contribution is 0.0955. The molecule has 0 fully saturated rings. The monoisotopic (exact) mass is 488 g/mol. The highest BCUT2D eigenvalue weighted by Gasteiger charge is 2.05. The minimum atomic E-state index is -0.329. The van der Waals surface area contributed by atoms with Crippen LogP contribution in [0.25, 0.3) is 0 Å². The maximum Gasteiger partial charge on any atom is 0.271 e. The highest BCUT2D eigenvalue weighted by Crippen LogP contribution is 2.16. The lowest BCUT2D eigenvalue weighted by Gasteiger charge is -2.07. The molecule has 0 saturated heterocycles. The van der Waals surface area contributed by atoms with E-state index in [1.807, 2.05) is 36.4 Å². The number of rotatable bonds is 9. The summed E-state index contributed by atoms with van der Waals surface area (Å²) >= 11 is 5.89. The van der Waals surface area contributed by atoms with E-state index in [2.05, 4.69) is 10.5 Å². The molecule has 0 bridgehead atoms. The molecule has 7 heteroatoms. The van der Waals surface area contributed by atoms with Crippen molar-refractivity contribution in [1.29, 1.82) is 0 Å². The van der Waals surface area contributed by atoms with Crippen LogP contribution >= 0.6 is 11.6 Å². The Hall–Kier alpha value is -4.16. The summed E-state index contributed by atoms with van der Waals surface area (Å²) in [6.07, 6.45) is 1.55. The van der Waals surface area contributed by atoms with Crippen LogP contribution in [0.1, 0.15) is 27.0 Å². The Morgan fingerprint density at radius 2 is 1.29 bits per heavy atom. The molecule has 0 atom stereocenters. The lowest BCUT2D eigenvalue weighted by Crippen LogP contribution is -2.17. The summed E-state index contributed by atoms with van der Waals surface area (Å²) in [5.41, 5.74) is 5.65. The molecular formula is C28H22ClFN2O3. The number of carbonyl (C=O) groups excluding carboxylic acids is 1. The topological polar surface area (TPSA) is 59.9 Å². The lowest BCUT2D eigenvalue weighted by atomic mass is 10.2. The van der Waals surface area contributed by atoms with Crippen molar-refractivity contribution in [2.75, 3.05) is 0 Å². The minimum Gasteiger partial charge on any atom is -0.489 e. The van der Waals surface area contributed by atoms with Crippen LogP contribution in [0.3, 0.4) is 0 Å². The van der Waals surface area contributed by atoms with Gasteiger partial charge in [-0.25, -0.2) is 9.82 Å². The van der Waals surface area contributed by atoms with Gasteiger partial charge in [0.05, 0.1) is 6.21 Å². The zero-order chi connectivity index (χ0) is 24.5. The predicted octanol–water partition coefficient (Wildman–Crippen LogP) is 6.40. The Morgan fingerprint density at radius 3 is 1.86 bits per heavy atom. The van der Waals surface area contributed by atoms with Crippen LogP contribution in [-0.4, -0.2) is 12.1 Å². The highest BCUT2D eigenvalue weighted by atomic mass is 35.5. The molecule has 0 spiro atoms. The van der Waals surface area contributed by atoms with E-state index in [1.54, 1.807) is 54.7 Å². The largest absolute Gasteiger partial charge is 0.489 e. The smallest absolute Gasteiger partial charge is 0.271 e. The molecule has 0 aliphatic rings. The summed E-state index contributed by atoms with van der Waals surface area (Å²) in [4.78, 5) is 12.3. The molecule has 0 aliphatic carbocycles. The molecule has 4 rings (SSSR count). The van der Waals surface area contributed by atoms with Crippen LogP contribution in [0.5, 0.6) is 11.5 Å².